The van der Waals surface area contributed by atoms with Crippen LogP contribution in [0.15, 0.2) is 11.8 Å². The van der Waals surface area contributed by atoms with Gasteiger partial charge in [0, 0.05) is 31.3 Å². The third-order valence-electron chi connectivity index (χ3n) is 8.69. The van der Waals surface area contributed by atoms with E-state index in [-0.39, 0.29) is 11.5 Å². The zero-order valence-electron chi connectivity index (χ0n) is 16.4. The van der Waals surface area contributed by atoms with Gasteiger partial charge in [-0.1, -0.05) is 13.8 Å². The maximum absolute atomic E-state index is 13.1. The van der Waals surface area contributed by atoms with Gasteiger partial charge in [-0.15, -0.1) is 0 Å². The lowest BCUT2D eigenvalue weighted by atomic mass is 9.45. The first-order valence-corrected chi connectivity index (χ1v) is 10.4. The Kier molecular flexibility index (Phi) is 4.10. The molecular weight excluding hydrogens is 310 g/mol. The zero-order chi connectivity index (χ0) is 18.0. The summed E-state index contributed by atoms with van der Waals surface area (Å²) >= 11 is 0. The van der Waals surface area contributed by atoms with Gasteiger partial charge < -0.3 is 10.0 Å². The molecule has 0 aromatic carbocycles. The topological polar surface area (TPSA) is 40.5 Å². The summed E-state index contributed by atoms with van der Waals surface area (Å²) in [4.78, 5) is 15.2. The number of carbonyl (C=O) groups excluding carboxylic acids is 1. The van der Waals surface area contributed by atoms with Crippen molar-refractivity contribution in [2.45, 2.75) is 71.3 Å². The van der Waals surface area contributed by atoms with Gasteiger partial charge in [-0.3, -0.25) is 4.79 Å². The number of aliphatic hydroxyl groups excluding tert-OH is 1. The molecule has 0 aliphatic heterocycles. The standard InChI is InChI=1S/C22H35NO2/c1-21-9-7-16(24)12-15(21)5-6-17-18(21)8-10-22(2)19(17)11-14(20(22)25)13-23(3)4/h13,15-19,24H,5-12H2,1-4H3/b14-13+/t15?,16-,17+,18-,19-,21-,22-/m0/s1. The monoisotopic (exact) mass is 345 g/mol. The molecule has 7 atom stereocenters. The van der Waals surface area contributed by atoms with Crippen molar-refractivity contribution in [3.8, 4) is 0 Å². The van der Waals surface area contributed by atoms with Gasteiger partial charge in [-0.25, -0.2) is 0 Å². The molecule has 1 unspecified atom stereocenters. The van der Waals surface area contributed by atoms with Crippen molar-refractivity contribution >= 4 is 5.78 Å². The highest BCUT2D eigenvalue weighted by Gasteiger charge is 2.61. The Labute approximate surface area is 152 Å². The number of ketones is 1. The first kappa shape index (κ1) is 17.6. The number of carbonyl (C=O) groups is 1. The zero-order valence-corrected chi connectivity index (χ0v) is 16.4. The molecule has 25 heavy (non-hydrogen) atoms. The van der Waals surface area contributed by atoms with E-state index in [1.807, 2.05) is 19.0 Å². The molecule has 4 rings (SSSR count). The minimum Gasteiger partial charge on any atom is -0.393 e. The Morgan fingerprint density at radius 2 is 1.84 bits per heavy atom. The van der Waals surface area contributed by atoms with Crippen LogP contribution in [-0.4, -0.2) is 36.0 Å². The Morgan fingerprint density at radius 3 is 2.56 bits per heavy atom. The summed E-state index contributed by atoms with van der Waals surface area (Å²) in [5.74, 6) is 3.11. The van der Waals surface area contributed by atoms with Crippen molar-refractivity contribution in [1.29, 1.82) is 0 Å². The lowest BCUT2D eigenvalue weighted by molar-refractivity contribution is -0.141. The van der Waals surface area contributed by atoms with Gasteiger partial charge in [-0.05, 0) is 80.5 Å². The third kappa shape index (κ3) is 2.52. The molecule has 4 aliphatic carbocycles. The largest absolute Gasteiger partial charge is 0.393 e. The van der Waals surface area contributed by atoms with Gasteiger partial charge in [0.05, 0.1) is 6.10 Å². The fourth-order valence-electron chi connectivity index (χ4n) is 7.33. The minimum absolute atomic E-state index is 0.0776. The molecule has 4 saturated carbocycles. The summed E-state index contributed by atoms with van der Waals surface area (Å²) in [5, 5.41) is 10.1. The van der Waals surface area contributed by atoms with Gasteiger partial charge in [-0.2, -0.15) is 0 Å². The molecule has 4 fully saturated rings. The average Bonchev–Trinajstić information content (AvgIpc) is 2.79. The summed E-state index contributed by atoms with van der Waals surface area (Å²) in [6, 6.07) is 0. The van der Waals surface area contributed by atoms with Crippen molar-refractivity contribution in [2.75, 3.05) is 14.1 Å². The van der Waals surface area contributed by atoms with E-state index in [0.29, 0.717) is 29.0 Å². The SMILES string of the molecule is CN(C)/C=C1\C[C@H]2[C@@H]3CCC4C[C@@H](O)CC[C@]4(C)[C@H]3CC[C@]2(C)C1=O. The first-order chi connectivity index (χ1) is 11.8. The van der Waals surface area contributed by atoms with E-state index in [2.05, 4.69) is 20.0 Å². The molecule has 0 heterocycles. The molecule has 0 amide bonds. The molecule has 140 valence electrons. The average molecular weight is 346 g/mol. The highest BCUT2D eigenvalue weighted by atomic mass is 16.3. The van der Waals surface area contributed by atoms with E-state index in [4.69, 9.17) is 0 Å². The highest BCUT2D eigenvalue weighted by molar-refractivity contribution is 6.02. The highest BCUT2D eigenvalue weighted by Crippen LogP contribution is 2.66. The van der Waals surface area contributed by atoms with Crippen LogP contribution in [0.5, 0.6) is 0 Å². The van der Waals surface area contributed by atoms with Crippen LogP contribution in [0.4, 0.5) is 0 Å². The van der Waals surface area contributed by atoms with Crippen LogP contribution in [0.3, 0.4) is 0 Å². The Hall–Kier alpha value is -0.830. The molecule has 0 aromatic rings. The van der Waals surface area contributed by atoms with Gasteiger partial charge in [0.25, 0.3) is 0 Å². The summed E-state index contributed by atoms with van der Waals surface area (Å²) in [5.41, 5.74) is 1.32. The van der Waals surface area contributed by atoms with Crippen LogP contribution >= 0.6 is 0 Å². The number of hydrogen-bond donors (Lipinski definition) is 1. The molecule has 0 aromatic heterocycles. The second-order valence-electron chi connectivity index (χ2n) is 10.2. The van der Waals surface area contributed by atoms with E-state index in [0.717, 1.165) is 37.2 Å². The third-order valence-corrected chi connectivity index (χ3v) is 8.69. The molecular formula is C22H35NO2. The second-order valence-corrected chi connectivity index (χ2v) is 10.2. The van der Waals surface area contributed by atoms with E-state index in [9.17, 15) is 9.90 Å². The van der Waals surface area contributed by atoms with Gasteiger partial charge in [0.15, 0.2) is 5.78 Å². The maximum atomic E-state index is 13.1. The van der Waals surface area contributed by atoms with Crippen molar-refractivity contribution in [3.05, 3.63) is 11.8 Å². The van der Waals surface area contributed by atoms with Gasteiger partial charge >= 0.3 is 0 Å². The van der Waals surface area contributed by atoms with E-state index in [1.54, 1.807) is 0 Å². The number of fused-ring (bicyclic) bond motifs is 5. The van der Waals surface area contributed by atoms with Crippen molar-refractivity contribution in [2.24, 2.45) is 34.5 Å². The van der Waals surface area contributed by atoms with Crippen LogP contribution in [0, 0.1) is 34.5 Å². The van der Waals surface area contributed by atoms with E-state index >= 15 is 0 Å². The second kappa shape index (κ2) is 5.84. The molecule has 0 spiro atoms. The molecule has 1 N–H and O–H groups in total. The maximum Gasteiger partial charge on any atom is 0.166 e. The number of aliphatic hydroxyl groups is 1. The molecule has 0 saturated heterocycles. The van der Waals surface area contributed by atoms with Crippen molar-refractivity contribution in [1.82, 2.24) is 4.90 Å². The van der Waals surface area contributed by atoms with E-state index < -0.39 is 0 Å². The van der Waals surface area contributed by atoms with Crippen LogP contribution in [0.25, 0.3) is 0 Å². The molecule has 0 radical (unpaired) electrons. The van der Waals surface area contributed by atoms with Crippen LogP contribution in [0.1, 0.15) is 65.2 Å². The first-order valence-electron chi connectivity index (χ1n) is 10.4. The van der Waals surface area contributed by atoms with E-state index in [1.165, 1.54) is 25.7 Å². The Balaban J connectivity index is 1.64. The fraction of sp³-hybridized carbons (Fsp3) is 0.864. The van der Waals surface area contributed by atoms with Crippen LogP contribution < -0.4 is 0 Å². The predicted octanol–water partition coefficient (Wildman–Crippen LogP) is 4.01. The lowest BCUT2D eigenvalue weighted by Gasteiger charge is -2.59. The lowest BCUT2D eigenvalue weighted by Crippen LogP contribution is -2.54. The van der Waals surface area contributed by atoms with Gasteiger partial charge in [0.2, 0.25) is 0 Å². The van der Waals surface area contributed by atoms with Crippen molar-refractivity contribution in [3.63, 3.8) is 0 Å². The number of nitrogens with zero attached hydrogens (tertiary/aromatic N) is 1. The normalized spacial score (nSPS) is 51.0. The van der Waals surface area contributed by atoms with Gasteiger partial charge in [0.1, 0.15) is 0 Å². The Bertz CT molecular complexity index is 597. The number of rotatable bonds is 1. The predicted molar refractivity (Wildman–Crippen MR) is 99.9 cm³/mol. The number of hydrogen-bond acceptors (Lipinski definition) is 3. The Morgan fingerprint density at radius 1 is 1.08 bits per heavy atom. The molecule has 4 aliphatic rings. The van der Waals surface area contributed by atoms with Crippen molar-refractivity contribution < 1.29 is 9.90 Å². The summed E-state index contributed by atoms with van der Waals surface area (Å²) in [6.07, 6.45) is 10.9. The summed E-state index contributed by atoms with van der Waals surface area (Å²) < 4.78 is 0. The van der Waals surface area contributed by atoms with Crippen LogP contribution in [-0.2, 0) is 4.79 Å². The molecule has 3 heteroatoms. The summed E-state index contributed by atoms with van der Waals surface area (Å²) in [6.45, 7) is 4.77. The quantitative estimate of drug-likeness (QED) is 0.730. The summed E-state index contributed by atoms with van der Waals surface area (Å²) in [7, 11) is 4.04. The number of allylic oxidation sites excluding steroid dienone is 1. The fourth-order valence-corrected chi connectivity index (χ4v) is 7.33. The molecule has 3 nitrogen and oxygen atoms in total. The molecule has 0 bridgehead atoms. The minimum atomic E-state index is -0.125. The smallest absolute Gasteiger partial charge is 0.166 e. The number of Topliss-reactive ketones (excluding diaryl/α,β-unsaturated/α-hetero) is 1. The van der Waals surface area contributed by atoms with Crippen LogP contribution in [0.2, 0.25) is 0 Å².